The van der Waals surface area contributed by atoms with Gasteiger partial charge in [-0.25, -0.2) is 0 Å². The van der Waals surface area contributed by atoms with E-state index in [-0.39, 0.29) is 0 Å². The van der Waals surface area contributed by atoms with Gasteiger partial charge in [-0.2, -0.15) is 0 Å². The molecule has 0 amide bonds. The summed E-state index contributed by atoms with van der Waals surface area (Å²) in [5.41, 5.74) is 1.35. The molecule has 1 aliphatic carbocycles. The van der Waals surface area contributed by atoms with E-state index in [4.69, 9.17) is 4.74 Å². The highest BCUT2D eigenvalue weighted by Gasteiger charge is 2.22. The van der Waals surface area contributed by atoms with Crippen LogP contribution in [0, 0.1) is 11.8 Å². The Bertz CT molecular complexity index is 387. The van der Waals surface area contributed by atoms with Crippen molar-refractivity contribution >= 4 is 0 Å². The Kier molecular flexibility index (Phi) is 7.08. The highest BCUT2D eigenvalue weighted by molar-refractivity contribution is 5.27. The molecule has 1 fully saturated rings. The molecule has 0 aliphatic heterocycles. The predicted molar refractivity (Wildman–Crippen MR) is 89.7 cm³/mol. The fourth-order valence-electron chi connectivity index (χ4n) is 3.17. The molecule has 0 aromatic heterocycles. The second-order valence-electron chi connectivity index (χ2n) is 6.50. The van der Waals surface area contributed by atoms with Crippen LogP contribution in [0.15, 0.2) is 24.3 Å². The lowest BCUT2D eigenvalue weighted by atomic mass is 9.98. The van der Waals surface area contributed by atoms with Crippen LogP contribution in [0.1, 0.15) is 57.9 Å². The van der Waals surface area contributed by atoms with Crippen molar-refractivity contribution < 1.29 is 4.74 Å². The van der Waals surface area contributed by atoms with Crippen molar-refractivity contribution in [3.63, 3.8) is 0 Å². The first-order valence-corrected chi connectivity index (χ1v) is 8.72. The minimum absolute atomic E-state index is 0.838. The second-order valence-corrected chi connectivity index (χ2v) is 6.50. The molecule has 1 aromatic carbocycles. The second kappa shape index (κ2) is 9.09. The number of hydrogen-bond acceptors (Lipinski definition) is 2. The molecule has 0 heterocycles. The van der Waals surface area contributed by atoms with Gasteiger partial charge in [0.05, 0.1) is 6.61 Å². The average molecular weight is 289 g/mol. The SMILES string of the molecule is CCCCCOc1ccc(CNCC2CCCC2C)cc1. The van der Waals surface area contributed by atoms with E-state index in [0.717, 1.165) is 43.7 Å². The number of ether oxygens (including phenoxy) is 1. The molecule has 0 bridgehead atoms. The molecule has 1 N–H and O–H groups in total. The maximum absolute atomic E-state index is 5.74. The number of unbranched alkanes of at least 4 members (excludes halogenated alkanes) is 2. The summed E-state index contributed by atoms with van der Waals surface area (Å²) in [5.74, 6) is 2.78. The zero-order valence-corrected chi connectivity index (χ0v) is 13.7. The fraction of sp³-hybridized carbons (Fsp3) is 0.684. The van der Waals surface area contributed by atoms with E-state index in [2.05, 4.69) is 43.4 Å². The third kappa shape index (κ3) is 5.70. The molecule has 0 radical (unpaired) electrons. The number of hydrogen-bond donors (Lipinski definition) is 1. The standard InChI is InChI=1S/C19H31NO/c1-3-4-5-13-21-19-11-9-17(10-12-19)14-20-15-18-8-6-7-16(18)2/h9-12,16,18,20H,3-8,13-15H2,1-2H3. The maximum atomic E-state index is 5.74. The van der Waals surface area contributed by atoms with Crippen LogP contribution in [0.3, 0.4) is 0 Å². The lowest BCUT2D eigenvalue weighted by molar-refractivity contribution is 0.306. The first-order chi connectivity index (χ1) is 10.3. The van der Waals surface area contributed by atoms with Gasteiger partial charge in [0.1, 0.15) is 5.75 Å². The molecule has 1 aromatic rings. The Hall–Kier alpha value is -1.02. The van der Waals surface area contributed by atoms with Gasteiger partial charge in [-0.1, -0.05) is 51.7 Å². The van der Waals surface area contributed by atoms with E-state index in [9.17, 15) is 0 Å². The lowest BCUT2D eigenvalue weighted by Gasteiger charge is -2.16. The fourth-order valence-corrected chi connectivity index (χ4v) is 3.17. The molecule has 1 aliphatic rings. The smallest absolute Gasteiger partial charge is 0.119 e. The third-order valence-corrected chi connectivity index (χ3v) is 4.71. The summed E-state index contributed by atoms with van der Waals surface area (Å²) in [6.07, 6.45) is 7.88. The Morgan fingerprint density at radius 1 is 1.14 bits per heavy atom. The van der Waals surface area contributed by atoms with Crippen molar-refractivity contribution in [2.45, 2.75) is 58.9 Å². The molecule has 1 saturated carbocycles. The van der Waals surface area contributed by atoms with Crippen molar-refractivity contribution in [3.05, 3.63) is 29.8 Å². The van der Waals surface area contributed by atoms with Crippen LogP contribution in [0.25, 0.3) is 0 Å². The Morgan fingerprint density at radius 2 is 1.95 bits per heavy atom. The van der Waals surface area contributed by atoms with E-state index < -0.39 is 0 Å². The zero-order chi connectivity index (χ0) is 14.9. The lowest BCUT2D eigenvalue weighted by Crippen LogP contribution is -2.23. The van der Waals surface area contributed by atoms with E-state index >= 15 is 0 Å². The summed E-state index contributed by atoms with van der Waals surface area (Å²) in [5, 5.41) is 3.61. The summed E-state index contributed by atoms with van der Waals surface area (Å²) in [6.45, 7) is 7.58. The van der Waals surface area contributed by atoms with Gasteiger partial charge in [0.2, 0.25) is 0 Å². The van der Waals surface area contributed by atoms with Crippen LogP contribution >= 0.6 is 0 Å². The van der Waals surface area contributed by atoms with Gasteiger partial charge in [-0.15, -0.1) is 0 Å². The summed E-state index contributed by atoms with van der Waals surface area (Å²) in [4.78, 5) is 0. The number of rotatable bonds is 9. The minimum Gasteiger partial charge on any atom is -0.494 e. The summed E-state index contributed by atoms with van der Waals surface area (Å²) < 4.78 is 5.74. The Morgan fingerprint density at radius 3 is 2.62 bits per heavy atom. The Balaban J connectivity index is 1.65. The van der Waals surface area contributed by atoms with E-state index in [0.29, 0.717) is 0 Å². The number of nitrogens with one attached hydrogen (secondary N) is 1. The van der Waals surface area contributed by atoms with Crippen molar-refractivity contribution in [2.75, 3.05) is 13.2 Å². The van der Waals surface area contributed by atoms with Crippen LogP contribution < -0.4 is 10.1 Å². The minimum atomic E-state index is 0.838. The van der Waals surface area contributed by atoms with Crippen LogP contribution in [0.2, 0.25) is 0 Å². The van der Waals surface area contributed by atoms with Gasteiger partial charge in [0.25, 0.3) is 0 Å². The van der Waals surface area contributed by atoms with Gasteiger partial charge < -0.3 is 10.1 Å². The molecular formula is C19H31NO. The molecule has 2 heteroatoms. The summed E-state index contributed by atoms with van der Waals surface area (Å²) in [7, 11) is 0. The molecule has 2 nitrogen and oxygen atoms in total. The van der Waals surface area contributed by atoms with Crippen molar-refractivity contribution in [3.8, 4) is 5.75 Å². The molecule has 0 spiro atoms. The van der Waals surface area contributed by atoms with Crippen molar-refractivity contribution in [1.82, 2.24) is 5.32 Å². The van der Waals surface area contributed by atoms with Gasteiger partial charge in [-0.05, 0) is 48.9 Å². The molecule has 0 saturated heterocycles. The van der Waals surface area contributed by atoms with Crippen LogP contribution in [-0.4, -0.2) is 13.2 Å². The normalized spacial score (nSPS) is 21.6. The highest BCUT2D eigenvalue weighted by Crippen LogP contribution is 2.30. The third-order valence-electron chi connectivity index (χ3n) is 4.71. The van der Waals surface area contributed by atoms with Gasteiger partial charge in [-0.3, -0.25) is 0 Å². The first-order valence-electron chi connectivity index (χ1n) is 8.72. The van der Waals surface area contributed by atoms with Crippen LogP contribution in [0.5, 0.6) is 5.75 Å². The zero-order valence-electron chi connectivity index (χ0n) is 13.7. The average Bonchev–Trinajstić information content (AvgIpc) is 2.91. The van der Waals surface area contributed by atoms with E-state index in [1.807, 2.05) is 0 Å². The molecule has 2 atom stereocenters. The van der Waals surface area contributed by atoms with Gasteiger partial charge in [0, 0.05) is 6.54 Å². The summed E-state index contributed by atoms with van der Waals surface area (Å²) >= 11 is 0. The molecule has 2 unspecified atom stereocenters. The van der Waals surface area contributed by atoms with Crippen molar-refractivity contribution in [2.24, 2.45) is 11.8 Å². The highest BCUT2D eigenvalue weighted by atomic mass is 16.5. The first kappa shape index (κ1) is 16.4. The quantitative estimate of drug-likeness (QED) is 0.660. The molecule has 2 rings (SSSR count). The predicted octanol–water partition coefficient (Wildman–Crippen LogP) is 4.78. The van der Waals surface area contributed by atoms with Crippen LogP contribution in [0.4, 0.5) is 0 Å². The molecular weight excluding hydrogens is 258 g/mol. The molecule has 21 heavy (non-hydrogen) atoms. The largest absolute Gasteiger partial charge is 0.494 e. The summed E-state index contributed by atoms with van der Waals surface area (Å²) in [6, 6.07) is 8.56. The Labute approximate surface area is 130 Å². The van der Waals surface area contributed by atoms with Crippen molar-refractivity contribution in [1.29, 1.82) is 0 Å². The monoisotopic (exact) mass is 289 g/mol. The topological polar surface area (TPSA) is 21.3 Å². The van der Waals surface area contributed by atoms with E-state index in [1.165, 1.54) is 37.7 Å². The van der Waals surface area contributed by atoms with Crippen LogP contribution in [-0.2, 0) is 6.54 Å². The van der Waals surface area contributed by atoms with E-state index in [1.54, 1.807) is 0 Å². The number of benzene rings is 1. The molecule has 118 valence electrons. The van der Waals surface area contributed by atoms with Gasteiger partial charge in [0.15, 0.2) is 0 Å². The van der Waals surface area contributed by atoms with Gasteiger partial charge >= 0.3 is 0 Å². The maximum Gasteiger partial charge on any atom is 0.119 e.